The standard InChI is InChI=1S/C20H22N2O4/c1-2-25-16-7-5-6-14(10-16)12-21-19(23)11-15-13-26-18-9-4-3-8-17(18)22-20(15)24/h3-10,15H,2,11-13H2,1H3,(H,21,23)(H,22,24). The molecule has 0 aliphatic carbocycles. The van der Waals surface area contributed by atoms with Crippen molar-refractivity contribution < 1.29 is 19.1 Å². The number of hydrogen-bond donors (Lipinski definition) is 2. The highest BCUT2D eigenvalue weighted by Gasteiger charge is 2.26. The van der Waals surface area contributed by atoms with Crippen LogP contribution in [-0.4, -0.2) is 25.0 Å². The van der Waals surface area contributed by atoms with Crippen molar-refractivity contribution in [2.45, 2.75) is 19.9 Å². The number of hydrogen-bond acceptors (Lipinski definition) is 4. The number of amides is 2. The predicted molar refractivity (Wildman–Crippen MR) is 98.1 cm³/mol. The van der Waals surface area contributed by atoms with Crippen LogP contribution in [0.3, 0.4) is 0 Å². The minimum Gasteiger partial charge on any atom is -0.494 e. The molecule has 1 aliphatic heterocycles. The van der Waals surface area contributed by atoms with Crippen LogP contribution in [0.25, 0.3) is 0 Å². The highest BCUT2D eigenvalue weighted by molar-refractivity contribution is 5.97. The van der Waals surface area contributed by atoms with E-state index >= 15 is 0 Å². The molecule has 0 fully saturated rings. The van der Waals surface area contributed by atoms with Gasteiger partial charge in [-0.05, 0) is 36.8 Å². The highest BCUT2D eigenvalue weighted by atomic mass is 16.5. The second-order valence-corrected chi connectivity index (χ2v) is 6.05. The number of fused-ring (bicyclic) bond motifs is 1. The lowest BCUT2D eigenvalue weighted by molar-refractivity contribution is -0.128. The average molecular weight is 354 g/mol. The molecule has 0 saturated carbocycles. The van der Waals surface area contributed by atoms with Gasteiger partial charge in [-0.25, -0.2) is 0 Å². The van der Waals surface area contributed by atoms with Crippen LogP contribution in [0.4, 0.5) is 5.69 Å². The van der Waals surface area contributed by atoms with E-state index < -0.39 is 5.92 Å². The summed E-state index contributed by atoms with van der Waals surface area (Å²) in [4.78, 5) is 24.6. The molecule has 1 aliphatic rings. The summed E-state index contributed by atoms with van der Waals surface area (Å²) >= 11 is 0. The minimum absolute atomic E-state index is 0.0744. The lowest BCUT2D eigenvalue weighted by Gasteiger charge is -2.13. The maximum atomic E-state index is 12.3. The van der Waals surface area contributed by atoms with Crippen molar-refractivity contribution in [2.75, 3.05) is 18.5 Å². The average Bonchev–Trinajstić information content (AvgIpc) is 2.80. The van der Waals surface area contributed by atoms with Gasteiger partial charge < -0.3 is 20.1 Å². The molecule has 26 heavy (non-hydrogen) atoms. The van der Waals surface area contributed by atoms with Gasteiger partial charge in [0.2, 0.25) is 11.8 Å². The van der Waals surface area contributed by atoms with Gasteiger partial charge in [0.25, 0.3) is 0 Å². The summed E-state index contributed by atoms with van der Waals surface area (Å²) in [6, 6.07) is 14.8. The smallest absolute Gasteiger partial charge is 0.231 e. The molecule has 0 radical (unpaired) electrons. The number of benzene rings is 2. The number of rotatable bonds is 6. The quantitative estimate of drug-likeness (QED) is 0.836. The predicted octanol–water partition coefficient (Wildman–Crippen LogP) is 2.74. The molecular weight excluding hydrogens is 332 g/mol. The largest absolute Gasteiger partial charge is 0.494 e. The van der Waals surface area contributed by atoms with Crippen molar-refractivity contribution in [1.82, 2.24) is 5.32 Å². The van der Waals surface area contributed by atoms with E-state index in [-0.39, 0.29) is 24.8 Å². The van der Waals surface area contributed by atoms with Gasteiger partial charge in [0.1, 0.15) is 18.1 Å². The molecule has 1 unspecified atom stereocenters. The van der Waals surface area contributed by atoms with Crippen LogP contribution >= 0.6 is 0 Å². The number of anilines is 1. The van der Waals surface area contributed by atoms with Crippen molar-refractivity contribution >= 4 is 17.5 Å². The lowest BCUT2D eigenvalue weighted by atomic mass is 10.1. The molecule has 136 valence electrons. The van der Waals surface area contributed by atoms with Crippen LogP contribution in [0.5, 0.6) is 11.5 Å². The zero-order valence-electron chi connectivity index (χ0n) is 14.7. The van der Waals surface area contributed by atoms with E-state index in [4.69, 9.17) is 9.47 Å². The van der Waals surface area contributed by atoms with Gasteiger partial charge in [0.05, 0.1) is 18.2 Å². The first kappa shape index (κ1) is 17.8. The van der Waals surface area contributed by atoms with Crippen molar-refractivity contribution in [3.63, 3.8) is 0 Å². The SMILES string of the molecule is CCOc1cccc(CNC(=O)CC2COc3ccccc3NC2=O)c1. The Kier molecular flexibility index (Phi) is 5.73. The van der Waals surface area contributed by atoms with Crippen LogP contribution in [0, 0.1) is 5.92 Å². The molecule has 1 heterocycles. The summed E-state index contributed by atoms with van der Waals surface area (Å²) in [6.45, 7) is 3.08. The van der Waals surface area contributed by atoms with Gasteiger partial charge in [-0.15, -0.1) is 0 Å². The summed E-state index contributed by atoms with van der Waals surface area (Å²) in [5.41, 5.74) is 1.58. The minimum atomic E-state index is -0.530. The van der Waals surface area contributed by atoms with Gasteiger partial charge in [-0.1, -0.05) is 24.3 Å². The Morgan fingerprint density at radius 3 is 2.96 bits per heavy atom. The second kappa shape index (κ2) is 8.38. The fourth-order valence-corrected chi connectivity index (χ4v) is 2.76. The molecule has 2 aromatic carbocycles. The molecule has 2 amide bonds. The second-order valence-electron chi connectivity index (χ2n) is 6.05. The molecule has 0 aromatic heterocycles. The van der Waals surface area contributed by atoms with Gasteiger partial charge in [-0.2, -0.15) is 0 Å². The summed E-state index contributed by atoms with van der Waals surface area (Å²) in [5, 5.41) is 5.66. The molecule has 6 heteroatoms. The maximum Gasteiger partial charge on any atom is 0.231 e. The van der Waals surface area contributed by atoms with Crippen molar-refractivity contribution in [2.24, 2.45) is 5.92 Å². The van der Waals surface area contributed by atoms with Crippen LogP contribution in [0.1, 0.15) is 18.9 Å². The molecule has 6 nitrogen and oxygen atoms in total. The van der Waals surface area contributed by atoms with E-state index in [0.717, 1.165) is 11.3 Å². The molecule has 2 N–H and O–H groups in total. The topological polar surface area (TPSA) is 76.7 Å². The number of ether oxygens (including phenoxy) is 2. The lowest BCUT2D eigenvalue weighted by Crippen LogP contribution is -2.32. The first-order valence-corrected chi connectivity index (χ1v) is 8.67. The maximum absolute atomic E-state index is 12.3. The number of para-hydroxylation sites is 2. The third-order valence-corrected chi connectivity index (χ3v) is 4.09. The van der Waals surface area contributed by atoms with Gasteiger partial charge in [0.15, 0.2) is 0 Å². The number of carbonyl (C=O) groups is 2. The number of nitrogens with one attached hydrogen (secondary N) is 2. The van der Waals surface area contributed by atoms with E-state index in [1.165, 1.54) is 0 Å². The van der Waals surface area contributed by atoms with E-state index in [0.29, 0.717) is 24.6 Å². The van der Waals surface area contributed by atoms with Crippen LogP contribution in [0.2, 0.25) is 0 Å². The fraction of sp³-hybridized carbons (Fsp3) is 0.300. The normalized spacial score (nSPS) is 15.9. The fourth-order valence-electron chi connectivity index (χ4n) is 2.76. The molecule has 0 bridgehead atoms. The third kappa shape index (κ3) is 4.53. The summed E-state index contributed by atoms with van der Waals surface area (Å²) in [5.74, 6) is 0.465. The Balaban J connectivity index is 1.53. The summed E-state index contributed by atoms with van der Waals surface area (Å²) in [6.07, 6.45) is 0.0744. The first-order chi connectivity index (χ1) is 12.7. The zero-order chi connectivity index (χ0) is 18.4. The molecule has 0 saturated heterocycles. The van der Waals surface area contributed by atoms with Crippen molar-refractivity contribution in [1.29, 1.82) is 0 Å². The van der Waals surface area contributed by atoms with Crippen LogP contribution in [0.15, 0.2) is 48.5 Å². The van der Waals surface area contributed by atoms with Gasteiger partial charge in [-0.3, -0.25) is 9.59 Å². The third-order valence-electron chi connectivity index (χ3n) is 4.09. The Bertz CT molecular complexity index is 791. The van der Waals surface area contributed by atoms with E-state index in [1.807, 2.05) is 43.3 Å². The van der Waals surface area contributed by atoms with E-state index in [9.17, 15) is 9.59 Å². The first-order valence-electron chi connectivity index (χ1n) is 8.67. The molecule has 1 atom stereocenters. The molecule has 0 spiro atoms. The monoisotopic (exact) mass is 354 g/mol. The summed E-state index contributed by atoms with van der Waals surface area (Å²) < 4.78 is 11.1. The van der Waals surface area contributed by atoms with Crippen molar-refractivity contribution in [3.8, 4) is 11.5 Å². The van der Waals surface area contributed by atoms with Crippen LogP contribution in [-0.2, 0) is 16.1 Å². The molecule has 2 aromatic rings. The Hall–Kier alpha value is -3.02. The van der Waals surface area contributed by atoms with E-state index in [2.05, 4.69) is 10.6 Å². The Labute approximate surface area is 152 Å². The van der Waals surface area contributed by atoms with Crippen molar-refractivity contribution in [3.05, 3.63) is 54.1 Å². The Morgan fingerprint density at radius 1 is 1.27 bits per heavy atom. The summed E-state index contributed by atoms with van der Waals surface area (Å²) in [7, 11) is 0. The van der Waals surface area contributed by atoms with Gasteiger partial charge in [0, 0.05) is 13.0 Å². The van der Waals surface area contributed by atoms with E-state index in [1.54, 1.807) is 12.1 Å². The Morgan fingerprint density at radius 2 is 2.12 bits per heavy atom. The molecule has 3 rings (SSSR count). The zero-order valence-corrected chi connectivity index (χ0v) is 14.7. The molecular formula is C20H22N2O4. The van der Waals surface area contributed by atoms with Gasteiger partial charge >= 0.3 is 0 Å². The highest BCUT2D eigenvalue weighted by Crippen LogP contribution is 2.28. The number of carbonyl (C=O) groups excluding carboxylic acids is 2. The van der Waals surface area contributed by atoms with Crippen LogP contribution < -0.4 is 20.1 Å².